The summed E-state index contributed by atoms with van der Waals surface area (Å²) in [5.41, 5.74) is 2.43. The van der Waals surface area contributed by atoms with E-state index in [0.717, 1.165) is 12.0 Å². The van der Waals surface area contributed by atoms with Crippen LogP contribution >= 0.6 is 15.9 Å². The van der Waals surface area contributed by atoms with E-state index in [4.69, 9.17) is 9.47 Å². The molecule has 0 aromatic heterocycles. The molecule has 1 aliphatic heterocycles. The molecule has 0 radical (unpaired) electrons. The Morgan fingerprint density at radius 2 is 1.67 bits per heavy atom. The third-order valence-corrected chi connectivity index (χ3v) is 6.48. The number of nitrogens with zero attached hydrogens (tertiary/aromatic N) is 1. The van der Waals surface area contributed by atoms with Gasteiger partial charge in [-0.15, -0.1) is 0 Å². The fraction of sp³-hybridized carbons (Fsp3) is 0.250. The summed E-state index contributed by atoms with van der Waals surface area (Å²) in [7, 11) is 0. The Balaban J connectivity index is 1.37. The Morgan fingerprint density at radius 1 is 0.972 bits per heavy atom. The molecule has 36 heavy (non-hydrogen) atoms. The number of halogens is 1. The second-order valence-corrected chi connectivity index (χ2v) is 9.24. The van der Waals surface area contributed by atoms with Gasteiger partial charge in [-0.05, 0) is 45.3 Å². The van der Waals surface area contributed by atoms with E-state index < -0.39 is 12.0 Å². The van der Waals surface area contributed by atoms with E-state index in [0.29, 0.717) is 35.5 Å². The standard InChI is InChI=1S/C28H27BrN2O5/c29-23-17-22(11-12-25(23)35-16-13-20-7-3-1-4-8-20)28(34)31-15-14-30-27(33)24(31)18-26(32)36-19-21-9-5-2-6-10-21/h1-12,17,24H,13-16,18-19H2,(H,30,33). The predicted octanol–water partition coefficient (Wildman–Crippen LogP) is 4.14. The van der Waals surface area contributed by atoms with Gasteiger partial charge in [-0.2, -0.15) is 0 Å². The van der Waals surface area contributed by atoms with Crippen molar-refractivity contribution in [3.63, 3.8) is 0 Å². The average molecular weight is 551 g/mol. The molecule has 3 aromatic rings. The van der Waals surface area contributed by atoms with E-state index in [1.54, 1.807) is 18.2 Å². The Kier molecular flexibility index (Phi) is 8.73. The normalized spacial score (nSPS) is 15.2. The molecule has 8 heteroatoms. The van der Waals surface area contributed by atoms with E-state index in [1.165, 1.54) is 10.5 Å². The fourth-order valence-electron chi connectivity index (χ4n) is 3.96. The summed E-state index contributed by atoms with van der Waals surface area (Å²) in [5, 5.41) is 2.73. The molecule has 1 N–H and O–H groups in total. The van der Waals surface area contributed by atoms with Gasteiger partial charge in [-0.1, -0.05) is 60.7 Å². The van der Waals surface area contributed by atoms with Crippen LogP contribution in [-0.2, 0) is 27.4 Å². The zero-order valence-electron chi connectivity index (χ0n) is 19.7. The smallest absolute Gasteiger partial charge is 0.308 e. The SMILES string of the molecule is O=C(CC1C(=O)NCCN1C(=O)c1ccc(OCCc2ccccc2)c(Br)c1)OCc1ccccc1. The van der Waals surface area contributed by atoms with Gasteiger partial charge in [-0.25, -0.2) is 0 Å². The molecule has 0 bridgehead atoms. The maximum Gasteiger partial charge on any atom is 0.308 e. The van der Waals surface area contributed by atoms with Crippen LogP contribution < -0.4 is 10.1 Å². The molecule has 1 atom stereocenters. The minimum Gasteiger partial charge on any atom is -0.492 e. The first-order valence-electron chi connectivity index (χ1n) is 11.8. The summed E-state index contributed by atoms with van der Waals surface area (Å²) in [4.78, 5) is 39.8. The molecule has 0 aliphatic carbocycles. The van der Waals surface area contributed by atoms with Gasteiger partial charge in [0, 0.05) is 25.1 Å². The van der Waals surface area contributed by atoms with Crippen LogP contribution in [0.4, 0.5) is 0 Å². The lowest BCUT2D eigenvalue weighted by Gasteiger charge is -2.34. The maximum atomic E-state index is 13.3. The van der Waals surface area contributed by atoms with Crippen LogP contribution in [0.1, 0.15) is 27.9 Å². The minimum absolute atomic E-state index is 0.112. The Hall–Kier alpha value is -3.65. The van der Waals surface area contributed by atoms with E-state index >= 15 is 0 Å². The molecule has 1 aliphatic rings. The number of esters is 1. The zero-order chi connectivity index (χ0) is 25.3. The van der Waals surface area contributed by atoms with Crippen LogP contribution in [-0.4, -0.2) is 48.4 Å². The number of carbonyl (C=O) groups excluding carboxylic acids is 3. The largest absolute Gasteiger partial charge is 0.492 e. The van der Waals surface area contributed by atoms with Gasteiger partial charge in [-0.3, -0.25) is 14.4 Å². The highest BCUT2D eigenvalue weighted by atomic mass is 79.9. The van der Waals surface area contributed by atoms with Crippen molar-refractivity contribution in [2.75, 3.05) is 19.7 Å². The topological polar surface area (TPSA) is 84.9 Å². The van der Waals surface area contributed by atoms with Gasteiger partial charge >= 0.3 is 5.97 Å². The molecule has 1 heterocycles. The molecule has 1 fully saturated rings. The predicted molar refractivity (Wildman–Crippen MR) is 138 cm³/mol. The van der Waals surface area contributed by atoms with Crippen LogP contribution in [0.15, 0.2) is 83.3 Å². The number of ether oxygens (including phenoxy) is 2. The average Bonchev–Trinajstić information content (AvgIpc) is 2.90. The van der Waals surface area contributed by atoms with Crippen LogP contribution in [0.3, 0.4) is 0 Å². The first kappa shape index (κ1) is 25.4. The summed E-state index contributed by atoms with van der Waals surface area (Å²) in [6, 6.07) is 23.5. The van der Waals surface area contributed by atoms with Crippen molar-refractivity contribution in [1.29, 1.82) is 0 Å². The van der Waals surface area contributed by atoms with Crippen molar-refractivity contribution in [3.05, 3.63) is 100 Å². The summed E-state index contributed by atoms with van der Waals surface area (Å²) in [6.45, 7) is 1.23. The molecule has 1 unspecified atom stereocenters. The number of hydrogen-bond donors (Lipinski definition) is 1. The third-order valence-electron chi connectivity index (χ3n) is 5.86. The van der Waals surface area contributed by atoms with Gasteiger partial charge in [0.1, 0.15) is 18.4 Å². The van der Waals surface area contributed by atoms with Gasteiger partial charge in [0.05, 0.1) is 17.5 Å². The molecular formula is C28H27BrN2O5. The highest BCUT2D eigenvalue weighted by Gasteiger charge is 2.35. The molecule has 1 saturated heterocycles. The highest BCUT2D eigenvalue weighted by Crippen LogP contribution is 2.27. The Bertz CT molecular complexity index is 1200. The lowest BCUT2D eigenvalue weighted by molar-refractivity contribution is -0.148. The van der Waals surface area contributed by atoms with Crippen molar-refractivity contribution >= 4 is 33.7 Å². The molecule has 2 amide bonds. The van der Waals surface area contributed by atoms with Crippen molar-refractivity contribution in [1.82, 2.24) is 10.2 Å². The highest BCUT2D eigenvalue weighted by molar-refractivity contribution is 9.10. The van der Waals surface area contributed by atoms with Gasteiger partial charge in [0.2, 0.25) is 5.91 Å². The van der Waals surface area contributed by atoms with E-state index in [2.05, 4.69) is 21.2 Å². The lowest BCUT2D eigenvalue weighted by atomic mass is 10.1. The fourth-order valence-corrected chi connectivity index (χ4v) is 4.45. The summed E-state index contributed by atoms with van der Waals surface area (Å²) >= 11 is 3.49. The first-order valence-corrected chi connectivity index (χ1v) is 12.5. The number of carbonyl (C=O) groups is 3. The van der Waals surface area contributed by atoms with E-state index in [-0.39, 0.29) is 24.8 Å². The van der Waals surface area contributed by atoms with Crippen molar-refractivity contribution < 1.29 is 23.9 Å². The van der Waals surface area contributed by atoms with Crippen LogP contribution in [0.25, 0.3) is 0 Å². The van der Waals surface area contributed by atoms with Crippen LogP contribution in [0, 0.1) is 0 Å². The number of rotatable bonds is 9. The lowest BCUT2D eigenvalue weighted by Crippen LogP contribution is -2.57. The van der Waals surface area contributed by atoms with E-state index in [1.807, 2.05) is 60.7 Å². The maximum absolute atomic E-state index is 13.3. The number of hydrogen-bond acceptors (Lipinski definition) is 5. The number of nitrogens with one attached hydrogen (secondary N) is 1. The molecule has 0 spiro atoms. The van der Waals surface area contributed by atoms with Crippen molar-refractivity contribution in [2.45, 2.75) is 25.5 Å². The quantitative estimate of drug-likeness (QED) is 0.404. The van der Waals surface area contributed by atoms with Crippen molar-refractivity contribution in [2.24, 2.45) is 0 Å². The Labute approximate surface area is 218 Å². The second kappa shape index (κ2) is 12.4. The summed E-state index contributed by atoms with van der Waals surface area (Å²) in [5.74, 6) is -0.615. The third kappa shape index (κ3) is 6.73. The first-order chi connectivity index (χ1) is 17.5. The summed E-state index contributed by atoms with van der Waals surface area (Å²) < 4.78 is 11.9. The number of amides is 2. The molecule has 3 aromatic carbocycles. The molecule has 0 saturated carbocycles. The van der Waals surface area contributed by atoms with Crippen LogP contribution in [0.5, 0.6) is 5.75 Å². The second-order valence-electron chi connectivity index (χ2n) is 8.39. The molecular weight excluding hydrogens is 524 g/mol. The molecule has 4 rings (SSSR count). The molecule has 186 valence electrons. The van der Waals surface area contributed by atoms with Crippen LogP contribution in [0.2, 0.25) is 0 Å². The summed E-state index contributed by atoms with van der Waals surface area (Å²) in [6.07, 6.45) is 0.547. The van der Waals surface area contributed by atoms with Crippen molar-refractivity contribution in [3.8, 4) is 5.75 Å². The van der Waals surface area contributed by atoms with Gasteiger partial charge < -0.3 is 19.7 Å². The number of piperazine rings is 1. The monoisotopic (exact) mass is 550 g/mol. The molecule has 7 nitrogen and oxygen atoms in total. The number of benzene rings is 3. The minimum atomic E-state index is -0.935. The Morgan fingerprint density at radius 3 is 2.36 bits per heavy atom. The van der Waals surface area contributed by atoms with Gasteiger partial charge in [0.25, 0.3) is 5.91 Å². The van der Waals surface area contributed by atoms with E-state index in [9.17, 15) is 14.4 Å². The van der Waals surface area contributed by atoms with Gasteiger partial charge in [0.15, 0.2) is 0 Å². The zero-order valence-corrected chi connectivity index (χ0v) is 21.3.